The van der Waals surface area contributed by atoms with Gasteiger partial charge in [0.05, 0.1) is 16.9 Å². The van der Waals surface area contributed by atoms with Crippen LogP contribution >= 0.6 is 0 Å². The van der Waals surface area contributed by atoms with Crippen LogP contribution in [0.4, 0.5) is 11.4 Å². The second kappa shape index (κ2) is 11.8. The van der Waals surface area contributed by atoms with E-state index in [1.54, 1.807) is 6.07 Å². The smallest absolute Gasteiger partial charge is 0.306 e. The van der Waals surface area contributed by atoms with Gasteiger partial charge in [-0.2, -0.15) is 0 Å². The molecule has 1 spiro atoms. The van der Waals surface area contributed by atoms with Crippen molar-refractivity contribution in [2.24, 2.45) is 0 Å². The number of nitro groups is 1. The number of anilines is 1. The summed E-state index contributed by atoms with van der Waals surface area (Å²) in [5.41, 5.74) is 3.85. The number of nitro benzene ring substituents is 1. The summed E-state index contributed by atoms with van der Waals surface area (Å²) in [4.78, 5) is 26.0. The van der Waals surface area contributed by atoms with E-state index in [0.717, 1.165) is 27.9 Å². The number of carbonyl (C=O) groups excluding carboxylic acids is 1. The number of hydrogen-bond donors (Lipinski definition) is 1. The quantitative estimate of drug-likeness (QED) is 0.116. The first-order chi connectivity index (χ1) is 21.5. The first kappa shape index (κ1) is 33.0. The fourth-order valence-electron chi connectivity index (χ4n) is 6.70. The summed E-state index contributed by atoms with van der Waals surface area (Å²) in [5.74, 6) is 0.658. The van der Waals surface area contributed by atoms with E-state index >= 15 is 0 Å². The summed E-state index contributed by atoms with van der Waals surface area (Å²) in [6.07, 6.45) is 5.27. The average molecular weight is 627 g/mol. The van der Waals surface area contributed by atoms with Gasteiger partial charge in [0.15, 0.2) is 0 Å². The average Bonchev–Trinajstić information content (AvgIpc) is 3.15. The highest BCUT2D eigenvalue weighted by atomic mass is 16.6. The number of para-hydroxylation sites is 1. The van der Waals surface area contributed by atoms with E-state index in [2.05, 4.69) is 72.4 Å². The second-order valence-corrected chi connectivity index (χ2v) is 15.0. The van der Waals surface area contributed by atoms with Crippen LogP contribution in [-0.4, -0.2) is 34.9 Å². The molecule has 0 radical (unpaired) electrons. The van der Waals surface area contributed by atoms with Crippen LogP contribution in [0.2, 0.25) is 0 Å². The van der Waals surface area contributed by atoms with Crippen molar-refractivity contribution in [1.82, 2.24) is 0 Å². The van der Waals surface area contributed by atoms with Crippen LogP contribution in [-0.2, 0) is 32.2 Å². The number of nitrogens with zero attached hydrogens (tertiary/aromatic N) is 2. The molecule has 3 aromatic rings. The summed E-state index contributed by atoms with van der Waals surface area (Å²) >= 11 is 0. The zero-order chi connectivity index (χ0) is 33.7. The zero-order valence-electron chi connectivity index (χ0n) is 28.3. The van der Waals surface area contributed by atoms with Crippen LogP contribution in [0.1, 0.15) is 96.0 Å². The van der Waals surface area contributed by atoms with Gasteiger partial charge >= 0.3 is 5.97 Å². The van der Waals surface area contributed by atoms with Crippen molar-refractivity contribution >= 4 is 23.4 Å². The molecule has 0 fully saturated rings. The van der Waals surface area contributed by atoms with Crippen molar-refractivity contribution in [2.45, 2.75) is 96.6 Å². The predicted molar refractivity (Wildman–Crippen MR) is 182 cm³/mol. The van der Waals surface area contributed by atoms with E-state index in [-0.39, 0.29) is 35.5 Å². The Morgan fingerprint density at radius 2 is 1.65 bits per heavy atom. The Balaban J connectivity index is 1.27. The molecular weight excluding hydrogens is 580 g/mol. The van der Waals surface area contributed by atoms with Gasteiger partial charge in [-0.25, -0.2) is 0 Å². The molecule has 3 aromatic carbocycles. The molecule has 0 aromatic heterocycles. The number of rotatable bonds is 8. The van der Waals surface area contributed by atoms with Gasteiger partial charge in [-0.05, 0) is 84.1 Å². The fourth-order valence-corrected chi connectivity index (χ4v) is 6.70. The van der Waals surface area contributed by atoms with E-state index in [9.17, 15) is 20.0 Å². The van der Waals surface area contributed by atoms with Crippen molar-refractivity contribution in [3.05, 3.63) is 98.6 Å². The Kier molecular flexibility index (Phi) is 8.47. The maximum absolute atomic E-state index is 12.9. The summed E-state index contributed by atoms with van der Waals surface area (Å²) < 4.78 is 12.5. The van der Waals surface area contributed by atoms with Crippen LogP contribution in [0, 0.1) is 10.1 Å². The van der Waals surface area contributed by atoms with Crippen molar-refractivity contribution in [3.8, 4) is 11.5 Å². The number of carbonyl (C=O) groups is 1. The molecule has 0 amide bonds. The Morgan fingerprint density at radius 3 is 2.28 bits per heavy atom. The van der Waals surface area contributed by atoms with Crippen LogP contribution < -0.4 is 9.64 Å². The third-order valence-electron chi connectivity index (χ3n) is 9.32. The molecule has 0 bridgehead atoms. The molecule has 8 heteroatoms. The number of benzene rings is 3. The van der Waals surface area contributed by atoms with Gasteiger partial charge < -0.3 is 19.5 Å². The number of aryl methyl sites for hydroxylation is 1. The van der Waals surface area contributed by atoms with E-state index in [1.807, 2.05) is 36.4 Å². The summed E-state index contributed by atoms with van der Waals surface area (Å²) in [5, 5.41) is 22.4. The molecule has 2 heterocycles. The molecule has 2 aliphatic rings. The number of phenols is 1. The largest absolute Gasteiger partial charge is 0.507 e. The summed E-state index contributed by atoms with van der Waals surface area (Å²) in [7, 11) is 0. The van der Waals surface area contributed by atoms with E-state index in [4.69, 9.17) is 9.47 Å². The standard InChI is InChI=1S/C38H46N2O6/c1-35(2,3)29-22-25(23-30(34(29)42)36(4,5)6)14-17-33(41)45-21-11-20-39-31-13-10-9-12-28(31)37(7,8)38(39)19-18-26-24-27(40(43)44)15-16-32(26)46-38/h9-10,12-13,15-16,18-19,22-24,42H,11,14,17,20-21H2,1-8H3. The highest BCUT2D eigenvalue weighted by molar-refractivity contribution is 5.73. The zero-order valence-corrected chi connectivity index (χ0v) is 28.3. The molecule has 1 atom stereocenters. The van der Waals surface area contributed by atoms with Gasteiger partial charge in [-0.3, -0.25) is 14.9 Å². The van der Waals surface area contributed by atoms with Gasteiger partial charge in [-0.15, -0.1) is 0 Å². The number of phenolic OH excluding ortho intramolecular Hbond substituents is 1. The number of hydrogen-bond acceptors (Lipinski definition) is 7. The minimum atomic E-state index is -0.863. The van der Waals surface area contributed by atoms with Crippen LogP contribution in [0.15, 0.2) is 60.7 Å². The van der Waals surface area contributed by atoms with Crippen LogP contribution in [0.3, 0.4) is 0 Å². The summed E-state index contributed by atoms with van der Waals surface area (Å²) in [6.45, 7) is 17.6. The molecule has 46 heavy (non-hydrogen) atoms. The Bertz CT molecular complexity index is 1660. The lowest BCUT2D eigenvalue weighted by Gasteiger charge is -2.47. The van der Waals surface area contributed by atoms with Gasteiger partial charge in [0, 0.05) is 36.3 Å². The normalized spacial score (nSPS) is 18.2. The molecule has 244 valence electrons. The maximum atomic E-state index is 12.9. The van der Waals surface area contributed by atoms with Crippen molar-refractivity contribution < 1.29 is 24.3 Å². The van der Waals surface area contributed by atoms with Gasteiger partial charge in [0.1, 0.15) is 11.5 Å². The van der Waals surface area contributed by atoms with Crippen molar-refractivity contribution in [2.75, 3.05) is 18.1 Å². The Hall–Kier alpha value is -4.33. The Labute approximate surface area is 272 Å². The SMILES string of the molecule is CC(C)(C)c1cc(CCC(=O)OCCCN2c3ccccc3C(C)(C)C23C=Cc2cc([N+](=O)[O-])ccc2O3)cc(C(C)(C)C)c1O. The van der Waals surface area contributed by atoms with E-state index < -0.39 is 16.1 Å². The molecule has 1 N–H and O–H groups in total. The molecule has 0 saturated heterocycles. The molecule has 2 aliphatic heterocycles. The number of fused-ring (bicyclic) bond motifs is 2. The maximum Gasteiger partial charge on any atom is 0.306 e. The number of non-ortho nitro benzene ring substituents is 1. The third kappa shape index (κ3) is 5.97. The molecule has 8 nitrogen and oxygen atoms in total. The molecule has 0 aliphatic carbocycles. The van der Waals surface area contributed by atoms with Gasteiger partial charge in [-0.1, -0.05) is 71.9 Å². The molecular formula is C38H46N2O6. The highest BCUT2D eigenvalue weighted by Crippen LogP contribution is 2.55. The topological polar surface area (TPSA) is 102 Å². The van der Waals surface area contributed by atoms with Crippen molar-refractivity contribution in [1.29, 1.82) is 0 Å². The lowest BCUT2D eigenvalue weighted by atomic mass is 9.76. The predicted octanol–water partition coefficient (Wildman–Crippen LogP) is 8.36. The van der Waals surface area contributed by atoms with E-state index in [0.29, 0.717) is 36.4 Å². The number of esters is 1. The lowest BCUT2D eigenvalue weighted by molar-refractivity contribution is -0.384. The van der Waals surface area contributed by atoms with Crippen LogP contribution in [0.25, 0.3) is 6.08 Å². The monoisotopic (exact) mass is 626 g/mol. The molecule has 1 unspecified atom stereocenters. The number of aromatic hydroxyl groups is 1. The lowest BCUT2D eigenvalue weighted by Crippen LogP contribution is -2.59. The number of ether oxygens (including phenoxy) is 2. The molecule has 0 saturated carbocycles. The van der Waals surface area contributed by atoms with Gasteiger partial charge in [0.2, 0.25) is 5.72 Å². The summed E-state index contributed by atoms with van der Waals surface area (Å²) in [6, 6.07) is 16.9. The minimum absolute atomic E-state index is 0.0188. The minimum Gasteiger partial charge on any atom is -0.507 e. The van der Waals surface area contributed by atoms with Crippen molar-refractivity contribution in [3.63, 3.8) is 0 Å². The fraction of sp³-hybridized carbons (Fsp3) is 0.447. The third-order valence-corrected chi connectivity index (χ3v) is 9.32. The van der Waals surface area contributed by atoms with Crippen LogP contribution in [0.5, 0.6) is 11.5 Å². The first-order valence-corrected chi connectivity index (χ1v) is 16.0. The molecule has 5 rings (SSSR count). The van der Waals surface area contributed by atoms with Gasteiger partial charge in [0.25, 0.3) is 5.69 Å². The van der Waals surface area contributed by atoms with E-state index in [1.165, 1.54) is 12.1 Å². The highest BCUT2D eigenvalue weighted by Gasteiger charge is 2.58. The first-order valence-electron chi connectivity index (χ1n) is 16.0. The second-order valence-electron chi connectivity index (χ2n) is 15.0. The Morgan fingerprint density at radius 1 is 1.00 bits per heavy atom.